The summed E-state index contributed by atoms with van der Waals surface area (Å²) >= 11 is 0. The molecule has 1 amide bonds. The molecule has 1 saturated heterocycles. The molecule has 1 fully saturated rings. The summed E-state index contributed by atoms with van der Waals surface area (Å²) in [7, 11) is 2.04. The molecule has 0 saturated carbocycles. The van der Waals surface area contributed by atoms with Crippen LogP contribution in [0.4, 0.5) is 0 Å². The Balaban J connectivity index is 1.52. The molecule has 3 aromatic rings. The van der Waals surface area contributed by atoms with Crippen molar-refractivity contribution in [3.8, 4) is 11.1 Å². The number of likely N-dealkylation sites (N-methyl/N-ethyl adjacent to an activating group) is 1. The average Bonchev–Trinajstić information content (AvgIpc) is 2.99. The molecule has 1 heterocycles. The van der Waals surface area contributed by atoms with Crippen LogP contribution >= 0.6 is 0 Å². The largest absolute Gasteiger partial charge is 0.481 e. The summed E-state index contributed by atoms with van der Waals surface area (Å²) in [5.41, 5.74) is 5.69. The van der Waals surface area contributed by atoms with Gasteiger partial charge in [-0.15, -0.1) is 6.58 Å². The monoisotopic (exact) mass is 558 g/mol. The van der Waals surface area contributed by atoms with E-state index in [4.69, 9.17) is 14.6 Å². The Kier molecular flexibility index (Phi) is 10.8. The van der Waals surface area contributed by atoms with Gasteiger partial charge in [0.1, 0.15) is 0 Å². The molecule has 3 N–H and O–H groups in total. The molecule has 1 aliphatic heterocycles. The quantitative estimate of drug-likeness (QED) is 0.254. The van der Waals surface area contributed by atoms with E-state index in [1.165, 1.54) is 0 Å². The maximum absolute atomic E-state index is 12.0. The van der Waals surface area contributed by atoms with Crippen molar-refractivity contribution in [2.24, 2.45) is 0 Å². The average molecular weight is 559 g/mol. The zero-order chi connectivity index (χ0) is 29.2. The summed E-state index contributed by atoms with van der Waals surface area (Å²) in [6, 6.07) is 23.8. The summed E-state index contributed by atoms with van der Waals surface area (Å²) in [6.07, 6.45) is 1.56. The second-order valence-corrected chi connectivity index (χ2v) is 10.4. The van der Waals surface area contributed by atoms with Gasteiger partial charge in [-0.3, -0.25) is 9.59 Å². The highest BCUT2D eigenvalue weighted by Crippen LogP contribution is 2.39. The minimum Gasteiger partial charge on any atom is -0.481 e. The van der Waals surface area contributed by atoms with E-state index in [9.17, 15) is 14.7 Å². The lowest BCUT2D eigenvalue weighted by molar-refractivity contribution is -0.252. The Morgan fingerprint density at radius 3 is 2.41 bits per heavy atom. The topological polar surface area (TPSA) is 108 Å². The third-order valence-corrected chi connectivity index (χ3v) is 7.05. The fourth-order valence-corrected chi connectivity index (χ4v) is 4.91. The molecule has 216 valence electrons. The molecule has 3 aromatic carbocycles. The van der Waals surface area contributed by atoms with Crippen molar-refractivity contribution in [3.63, 3.8) is 0 Å². The number of nitrogens with one attached hydrogen (secondary N) is 1. The van der Waals surface area contributed by atoms with E-state index in [2.05, 4.69) is 22.9 Å². The molecule has 0 bridgehead atoms. The second-order valence-electron chi connectivity index (χ2n) is 10.4. The highest BCUT2D eigenvalue weighted by Gasteiger charge is 2.32. The number of rotatable bonds is 13. The zero-order valence-electron chi connectivity index (χ0n) is 23.4. The van der Waals surface area contributed by atoms with Crippen molar-refractivity contribution in [3.05, 3.63) is 108 Å². The number of aliphatic hydroxyl groups excluding tert-OH is 1. The number of nitrogens with zero attached hydrogens (tertiary/aromatic N) is 1. The molecule has 4 rings (SSSR count). The number of hydrogen-bond acceptors (Lipinski definition) is 6. The molecule has 0 unspecified atom stereocenters. The standard InChI is InChI=1S/C33H38N2O6/c1-3-16-35(2)21-29-19-30(25-12-10-23(22-36)11-13-25)41-33(40-29)28-9-5-8-27(18-28)26-7-4-6-24(17-26)20-34-31(37)14-15-32(38)39/h3-13,17-18,29-30,33,36H,1,14-16,19-22H2,2H3,(H,34,37)(H,38,39)/t29-,30+,33+/m0/s1. The number of ether oxygens (including phenoxy) is 2. The van der Waals surface area contributed by atoms with Crippen molar-refractivity contribution in [1.82, 2.24) is 10.2 Å². The SMILES string of the molecule is C=CCN(C)C[C@@H]1C[C@H](c2ccc(CO)cc2)O[C@H](c2cccc(-c3cccc(CNC(=O)CCC(=O)O)c3)c2)O1. The zero-order valence-corrected chi connectivity index (χ0v) is 23.4. The van der Waals surface area contributed by atoms with Gasteiger partial charge < -0.3 is 29.9 Å². The normalized spacial score (nSPS) is 18.7. The van der Waals surface area contributed by atoms with Crippen molar-refractivity contribution >= 4 is 11.9 Å². The Morgan fingerprint density at radius 2 is 1.71 bits per heavy atom. The Labute approximate surface area is 241 Å². The van der Waals surface area contributed by atoms with E-state index in [0.717, 1.165) is 46.5 Å². The Bertz CT molecular complexity index is 1330. The van der Waals surface area contributed by atoms with Gasteiger partial charge in [-0.05, 0) is 47.0 Å². The van der Waals surface area contributed by atoms with E-state index in [-0.39, 0.29) is 37.6 Å². The van der Waals surface area contributed by atoms with Gasteiger partial charge >= 0.3 is 5.97 Å². The molecule has 0 radical (unpaired) electrons. The van der Waals surface area contributed by atoms with Crippen molar-refractivity contribution in [2.75, 3.05) is 20.1 Å². The van der Waals surface area contributed by atoms with Crippen LogP contribution in [0.1, 0.15) is 53.9 Å². The third kappa shape index (κ3) is 8.83. The van der Waals surface area contributed by atoms with Crippen LogP contribution in [0.2, 0.25) is 0 Å². The van der Waals surface area contributed by atoms with E-state index < -0.39 is 12.3 Å². The molecule has 1 aliphatic rings. The number of aliphatic hydroxyl groups is 1. The number of carboxylic acid groups (broad SMARTS) is 1. The maximum Gasteiger partial charge on any atom is 0.303 e. The van der Waals surface area contributed by atoms with Gasteiger partial charge in [0.15, 0.2) is 6.29 Å². The number of amides is 1. The molecule has 41 heavy (non-hydrogen) atoms. The lowest BCUT2D eigenvalue weighted by Gasteiger charge is -2.37. The van der Waals surface area contributed by atoms with Crippen LogP contribution in [0.15, 0.2) is 85.5 Å². The molecule has 8 heteroatoms. The van der Waals surface area contributed by atoms with Crippen LogP contribution in [0.3, 0.4) is 0 Å². The Morgan fingerprint density at radius 1 is 0.976 bits per heavy atom. The maximum atomic E-state index is 12.0. The van der Waals surface area contributed by atoms with Gasteiger partial charge in [-0.1, -0.05) is 66.7 Å². The molecule has 8 nitrogen and oxygen atoms in total. The number of carboxylic acids is 1. The lowest BCUT2D eigenvalue weighted by Crippen LogP contribution is -2.37. The van der Waals surface area contributed by atoms with Crippen molar-refractivity contribution < 1.29 is 29.3 Å². The van der Waals surface area contributed by atoms with Crippen molar-refractivity contribution in [1.29, 1.82) is 0 Å². The van der Waals surface area contributed by atoms with Gasteiger partial charge in [0.2, 0.25) is 5.91 Å². The first kappa shape index (κ1) is 30.1. The lowest BCUT2D eigenvalue weighted by atomic mass is 9.98. The van der Waals surface area contributed by atoms with E-state index >= 15 is 0 Å². The summed E-state index contributed by atoms with van der Waals surface area (Å²) in [5.74, 6) is -1.28. The van der Waals surface area contributed by atoms with Gasteiger partial charge in [0, 0.05) is 38.0 Å². The van der Waals surface area contributed by atoms with Gasteiger partial charge in [-0.2, -0.15) is 0 Å². The number of benzene rings is 3. The first-order chi connectivity index (χ1) is 19.8. The summed E-state index contributed by atoms with van der Waals surface area (Å²) in [5, 5.41) is 21.0. The fraction of sp³-hybridized carbons (Fsp3) is 0.333. The predicted molar refractivity (Wildman–Crippen MR) is 157 cm³/mol. The summed E-state index contributed by atoms with van der Waals surface area (Å²) in [4.78, 5) is 24.9. The first-order valence-corrected chi connectivity index (χ1v) is 13.8. The summed E-state index contributed by atoms with van der Waals surface area (Å²) < 4.78 is 13.0. The van der Waals surface area contributed by atoms with Crippen molar-refractivity contribution in [2.45, 2.75) is 50.9 Å². The molecule has 0 spiro atoms. The summed E-state index contributed by atoms with van der Waals surface area (Å²) in [6.45, 7) is 5.65. The highest BCUT2D eigenvalue weighted by atomic mass is 16.7. The van der Waals surface area contributed by atoms with Crippen LogP contribution in [0.25, 0.3) is 11.1 Å². The van der Waals surface area contributed by atoms with Gasteiger partial charge in [0.25, 0.3) is 0 Å². The van der Waals surface area contributed by atoms with E-state index in [0.29, 0.717) is 13.0 Å². The first-order valence-electron chi connectivity index (χ1n) is 13.8. The molecular formula is C33H38N2O6. The van der Waals surface area contributed by atoms with Crippen LogP contribution in [-0.4, -0.2) is 53.2 Å². The Hall–Kier alpha value is -3.82. The molecule has 0 aliphatic carbocycles. The minimum atomic E-state index is -0.992. The second kappa shape index (κ2) is 14.7. The van der Waals surface area contributed by atoms with E-state index in [1.807, 2.05) is 79.9 Å². The minimum absolute atomic E-state index is 0.00238. The van der Waals surface area contributed by atoms with Crippen LogP contribution in [0.5, 0.6) is 0 Å². The molecule has 0 aromatic heterocycles. The van der Waals surface area contributed by atoms with E-state index in [1.54, 1.807) is 0 Å². The fourth-order valence-electron chi connectivity index (χ4n) is 4.91. The third-order valence-electron chi connectivity index (χ3n) is 7.05. The van der Waals surface area contributed by atoms with Gasteiger partial charge in [-0.25, -0.2) is 0 Å². The van der Waals surface area contributed by atoms with Gasteiger partial charge in [0.05, 0.1) is 25.2 Å². The number of hydrogen-bond donors (Lipinski definition) is 3. The van der Waals surface area contributed by atoms with Crippen LogP contribution in [0, 0.1) is 0 Å². The van der Waals surface area contributed by atoms with Crippen LogP contribution in [-0.2, 0) is 32.2 Å². The number of carbonyl (C=O) groups excluding carboxylic acids is 1. The number of carbonyl (C=O) groups is 2. The molecule has 3 atom stereocenters. The number of aliphatic carboxylic acids is 1. The highest BCUT2D eigenvalue weighted by molar-refractivity contribution is 5.80. The van der Waals surface area contributed by atoms with Crippen LogP contribution < -0.4 is 5.32 Å². The smallest absolute Gasteiger partial charge is 0.303 e. The molecular weight excluding hydrogens is 520 g/mol. The predicted octanol–water partition coefficient (Wildman–Crippen LogP) is 4.99.